The summed E-state index contributed by atoms with van der Waals surface area (Å²) in [5.41, 5.74) is 3.78. The first-order chi connectivity index (χ1) is 19.9. The second kappa shape index (κ2) is 18.1. The van der Waals surface area contributed by atoms with Crippen molar-refractivity contribution >= 4 is 5.97 Å². The fourth-order valence-corrected chi connectivity index (χ4v) is 5.92. The number of piperazine rings is 1. The minimum absolute atomic E-state index is 0.361. The first-order valence-corrected chi connectivity index (χ1v) is 15.9. The first-order valence-electron chi connectivity index (χ1n) is 15.9. The van der Waals surface area contributed by atoms with E-state index in [2.05, 4.69) is 47.9 Å². The van der Waals surface area contributed by atoms with Gasteiger partial charge in [-0.25, -0.2) is 0 Å². The van der Waals surface area contributed by atoms with Gasteiger partial charge in [0.2, 0.25) is 5.75 Å². The predicted octanol–water partition coefficient (Wildman–Crippen LogP) is 7.59. The lowest BCUT2D eigenvalue weighted by Gasteiger charge is -2.40. The molecule has 1 fully saturated rings. The second-order valence-electron chi connectivity index (χ2n) is 11.8. The Labute approximate surface area is 249 Å². The van der Waals surface area contributed by atoms with Gasteiger partial charge in [0.25, 0.3) is 0 Å². The molecular weight excluding hydrogens is 512 g/mol. The van der Waals surface area contributed by atoms with Crippen molar-refractivity contribution in [3.8, 4) is 17.2 Å². The van der Waals surface area contributed by atoms with Crippen LogP contribution in [0.1, 0.15) is 94.7 Å². The molecule has 1 heterocycles. The van der Waals surface area contributed by atoms with Gasteiger partial charge in [-0.2, -0.15) is 0 Å². The number of hydrogen-bond donors (Lipinski definition) is 0. The Bertz CT molecular complexity index is 1040. The molecule has 1 saturated heterocycles. The maximum atomic E-state index is 11.8. The predicted molar refractivity (Wildman–Crippen MR) is 168 cm³/mol. The van der Waals surface area contributed by atoms with Crippen LogP contribution in [-0.2, 0) is 17.8 Å². The SMILES string of the molecule is COc1ccc(CN2CCN(CCCCCCCCCCCCc3ccc(C)cc3)C(C)C2)c(OC(C)=O)c1OC. The van der Waals surface area contributed by atoms with Gasteiger partial charge in [0.15, 0.2) is 11.5 Å². The molecule has 1 aliphatic rings. The maximum Gasteiger partial charge on any atom is 0.308 e. The highest BCUT2D eigenvalue weighted by Crippen LogP contribution is 2.40. The Morgan fingerprint density at radius 3 is 2.02 bits per heavy atom. The third-order valence-corrected chi connectivity index (χ3v) is 8.35. The van der Waals surface area contributed by atoms with Crippen molar-refractivity contribution in [1.82, 2.24) is 9.80 Å². The van der Waals surface area contributed by atoms with Gasteiger partial charge in [-0.15, -0.1) is 0 Å². The lowest BCUT2D eigenvalue weighted by molar-refractivity contribution is -0.132. The molecule has 228 valence electrons. The van der Waals surface area contributed by atoms with Gasteiger partial charge in [0, 0.05) is 44.7 Å². The summed E-state index contributed by atoms with van der Waals surface area (Å²) in [5, 5.41) is 0. The van der Waals surface area contributed by atoms with E-state index in [0.29, 0.717) is 29.8 Å². The van der Waals surface area contributed by atoms with E-state index in [0.717, 1.165) is 25.2 Å². The standard InChI is InChI=1S/C35H54N2O4/c1-28-17-19-31(20-18-28)16-14-12-10-8-6-7-9-11-13-15-23-37-25-24-36(26-29(37)2)27-32-21-22-33(39-4)35(40-5)34(32)41-30(3)38/h17-22,29H,6-16,23-27H2,1-5H3. The van der Waals surface area contributed by atoms with Crippen LogP contribution in [0.15, 0.2) is 36.4 Å². The number of rotatable bonds is 18. The van der Waals surface area contributed by atoms with Gasteiger partial charge in [0.1, 0.15) is 0 Å². The second-order valence-corrected chi connectivity index (χ2v) is 11.8. The Hall–Kier alpha value is -2.57. The summed E-state index contributed by atoms with van der Waals surface area (Å²) in [6.45, 7) is 10.9. The third kappa shape index (κ3) is 11.3. The van der Waals surface area contributed by atoms with Crippen LogP contribution < -0.4 is 14.2 Å². The van der Waals surface area contributed by atoms with Crippen LogP contribution >= 0.6 is 0 Å². The zero-order valence-corrected chi connectivity index (χ0v) is 26.4. The average Bonchev–Trinajstić information content (AvgIpc) is 2.96. The summed E-state index contributed by atoms with van der Waals surface area (Å²) in [5.74, 6) is 1.14. The van der Waals surface area contributed by atoms with E-state index in [-0.39, 0.29) is 5.97 Å². The monoisotopic (exact) mass is 566 g/mol. The van der Waals surface area contributed by atoms with Crippen molar-refractivity contribution < 1.29 is 19.0 Å². The van der Waals surface area contributed by atoms with Crippen molar-refractivity contribution in [3.05, 3.63) is 53.1 Å². The number of esters is 1. The van der Waals surface area contributed by atoms with Crippen LogP contribution in [0.3, 0.4) is 0 Å². The van der Waals surface area contributed by atoms with Crippen molar-refractivity contribution in [3.63, 3.8) is 0 Å². The fraction of sp³-hybridized carbons (Fsp3) is 0.629. The number of ether oxygens (including phenoxy) is 3. The molecule has 1 aliphatic heterocycles. The van der Waals surface area contributed by atoms with Crippen molar-refractivity contribution in [2.45, 2.75) is 104 Å². The van der Waals surface area contributed by atoms with Crippen molar-refractivity contribution in [2.24, 2.45) is 0 Å². The zero-order chi connectivity index (χ0) is 29.5. The molecule has 0 spiro atoms. The van der Waals surface area contributed by atoms with Crippen molar-refractivity contribution in [2.75, 3.05) is 40.4 Å². The smallest absolute Gasteiger partial charge is 0.308 e. The van der Waals surface area contributed by atoms with Gasteiger partial charge in [-0.3, -0.25) is 14.6 Å². The molecule has 1 atom stereocenters. The minimum atomic E-state index is -0.361. The van der Waals surface area contributed by atoms with Crippen molar-refractivity contribution in [1.29, 1.82) is 0 Å². The number of carbonyl (C=O) groups excluding carboxylic acids is 1. The molecule has 1 unspecified atom stereocenters. The van der Waals surface area contributed by atoms with Gasteiger partial charge < -0.3 is 14.2 Å². The molecule has 2 aromatic carbocycles. The van der Waals surface area contributed by atoms with Crippen LogP contribution in [-0.4, -0.2) is 62.2 Å². The largest absolute Gasteiger partial charge is 0.493 e. The van der Waals surface area contributed by atoms with Gasteiger partial charge >= 0.3 is 5.97 Å². The van der Waals surface area contributed by atoms with Crippen LogP contribution in [0.4, 0.5) is 0 Å². The van der Waals surface area contributed by atoms with E-state index >= 15 is 0 Å². The third-order valence-electron chi connectivity index (χ3n) is 8.35. The van der Waals surface area contributed by atoms with E-state index in [1.165, 1.54) is 95.2 Å². The molecule has 0 aliphatic carbocycles. The summed E-state index contributed by atoms with van der Waals surface area (Å²) in [6, 6.07) is 13.4. The van der Waals surface area contributed by atoms with Gasteiger partial charge in [0.05, 0.1) is 14.2 Å². The molecule has 6 nitrogen and oxygen atoms in total. The molecule has 3 rings (SSSR count). The van der Waals surface area contributed by atoms with E-state index < -0.39 is 0 Å². The highest BCUT2D eigenvalue weighted by Gasteiger charge is 2.26. The Kier molecular flexibility index (Phi) is 14.5. The van der Waals surface area contributed by atoms with E-state index in [1.807, 2.05) is 12.1 Å². The first kappa shape index (κ1) is 32.9. The number of benzene rings is 2. The topological polar surface area (TPSA) is 51.2 Å². The maximum absolute atomic E-state index is 11.8. The molecule has 0 N–H and O–H groups in total. The number of hydrogen-bond acceptors (Lipinski definition) is 6. The quantitative estimate of drug-likeness (QED) is 0.105. The summed E-state index contributed by atoms with van der Waals surface area (Å²) < 4.78 is 16.5. The number of unbranched alkanes of at least 4 members (excludes halogenated alkanes) is 9. The fourth-order valence-electron chi connectivity index (χ4n) is 5.92. The van der Waals surface area contributed by atoms with Crippen LogP contribution in [0.5, 0.6) is 17.2 Å². The van der Waals surface area contributed by atoms with Crippen LogP contribution in [0.2, 0.25) is 0 Å². The lowest BCUT2D eigenvalue weighted by Crippen LogP contribution is -2.51. The molecule has 6 heteroatoms. The van der Waals surface area contributed by atoms with Gasteiger partial charge in [-0.1, -0.05) is 87.3 Å². The summed E-state index contributed by atoms with van der Waals surface area (Å²) in [4.78, 5) is 16.9. The van der Waals surface area contributed by atoms with Crippen LogP contribution in [0.25, 0.3) is 0 Å². The number of aryl methyl sites for hydroxylation is 2. The number of nitrogens with zero attached hydrogens (tertiary/aromatic N) is 2. The highest BCUT2D eigenvalue weighted by molar-refractivity contribution is 5.72. The molecule has 0 saturated carbocycles. The molecule has 2 aromatic rings. The highest BCUT2D eigenvalue weighted by atomic mass is 16.6. The molecule has 0 bridgehead atoms. The van der Waals surface area contributed by atoms with Gasteiger partial charge in [-0.05, 0) is 51.3 Å². The van der Waals surface area contributed by atoms with E-state index in [9.17, 15) is 4.79 Å². The van der Waals surface area contributed by atoms with E-state index in [1.54, 1.807) is 14.2 Å². The average molecular weight is 567 g/mol. The van der Waals surface area contributed by atoms with E-state index in [4.69, 9.17) is 14.2 Å². The molecule has 0 amide bonds. The summed E-state index contributed by atoms with van der Waals surface area (Å²) in [7, 11) is 3.16. The molecule has 0 radical (unpaired) electrons. The summed E-state index contributed by atoms with van der Waals surface area (Å²) >= 11 is 0. The lowest BCUT2D eigenvalue weighted by atomic mass is 10.0. The van der Waals surface area contributed by atoms with Crippen LogP contribution in [0, 0.1) is 6.92 Å². The Balaban J connectivity index is 1.25. The molecule has 41 heavy (non-hydrogen) atoms. The zero-order valence-electron chi connectivity index (χ0n) is 26.4. The molecular formula is C35H54N2O4. The summed E-state index contributed by atoms with van der Waals surface area (Å²) in [6.07, 6.45) is 14.8. The minimum Gasteiger partial charge on any atom is -0.493 e. The number of carbonyl (C=O) groups is 1. The normalized spacial score (nSPS) is 16.1. The Morgan fingerprint density at radius 1 is 0.805 bits per heavy atom. The number of methoxy groups -OCH3 is 2. The Morgan fingerprint density at radius 2 is 1.44 bits per heavy atom. The molecule has 0 aromatic heterocycles.